The van der Waals surface area contributed by atoms with Gasteiger partial charge in [-0.2, -0.15) is 0 Å². The van der Waals surface area contributed by atoms with Crippen LogP contribution in [0.2, 0.25) is 0 Å². The van der Waals surface area contributed by atoms with Crippen molar-refractivity contribution in [2.75, 3.05) is 11.9 Å². The summed E-state index contributed by atoms with van der Waals surface area (Å²) in [7, 11) is -3.66. The number of sulfonamides is 1. The van der Waals surface area contributed by atoms with Crippen LogP contribution in [0.1, 0.15) is 12.0 Å². The lowest BCUT2D eigenvalue weighted by Gasteiger charge is -2.09. The summed E-state index contributed by atoms with van der Waals surface area (Å²) < 4.78 is 27.2. The van der Waals surface area contributed by atoms with Gasteiger partial charge in [0.05, 0.1) is 4.90 Å². The standard InChI is InChI=1S/C15H16BrN3O3S/c1-11-5-4-9-17-15(11)19-14(20)8-10-18-23(21,22)13-7-3-2-6-12(13)16/h2-7,9,18H,8,10H2,1H3,(H,17,19,20). The van der Waals surface area contributed by atoms with Crippen molar-refractivity contribution in [3.05, 3.63) is 52.6 Å². The molecule has 1 heterocycles. The molecule has 6 nitrogen and oxygen atoms in total. The summed E-state index contributed by atoms with van der Waals surface area (Å²) in [5.74, 6) is 0.174. The molecule has 2 aromatic rings. The summed E-state index contributed by atoms with van der Waals surface area (Å²) in [6.07, 6.45) is 1.60. The average molecular weight is 398 g/mol. The van der Waals surface area contributed by atoms with E-state index in [-0.39, 0.29) is 23.8 Å². The molecule has 0 saturated carbocycles. The van der Waals surface area contributed by atoms with Crippen molar-refractivity contribution in [3.63, 3.8) is 0 Å². The normalized spacial score (nSPS) is 11.2. The molecule has 1 amide bonds. The van der Waals surface area contributed by atoms with Crippen LogP contribution < -0.4 is 10.0 Å². The van der Waals surface area contributed by atoms with Crippen LogP contribution in [0.15, 0.2) is 52.0 Å². The number of hydrogen-bond acceptors (Lipinski definition) is 4. The molecule has 0 atom stereocenters. The van der Waals surface area contributed by atoms with Gasteiger partial charge >= 0.3 is 0 Å². The van der Waals surface area contributed by atoms with Gasteiger partial charge in [-0.15, -0.1) is 0 Å². The highest BCUT2D eigenvalue weighted by molar-refractivity contribution is 9.10. The molecule has 23 heavy (non-hydrogen) atoms. The molecule has 0 unspecified atom stereocenters. The molecule has 0 spiro atoms. The molecular formula is C15H16BrN3O3S. The predicted octanol–water partition coefficient (Wildman–Crippen LogP) is 2.46. The first kappa shape index (κ1) is 17.6. The van der Waals surface area contributed by atoms with Gasteiger partial charge < -0.3 is 5.32 Å². The second-order valence-electron chi connectivity index (χ2n) is 4.80. The Labute approximate surface area is 143 Å². The van der Waals surface area contributed by atoms with Gasteiger partial charge in [0.2, 0.25) is 15.9 Å². The van der Waals surface area contributed by atoms with Crippen LogP contribution in [-0.2, 0) is 14.8 Å². The van der Waals surface area contributed by atoms with Gasteiger partial charge in [0, 0.05) is 23.6 Å². The van der Waals surface area contributed by atoms with E-state index in [9.17, 15) is 13.2 Å². The van der Waals surface area contributed by atoms with E-state index in [4.69, 9.17) is 0 Å². The molecule has 2 rings (SSSR count). The minimum atomic E-state index is -3.66. The highest BCUT2D eigenvalue weighted by Gasteiger charge is 2.17. The Kier molecular flexibility index (Phi) is 5.86. The van der Waals surface area contributed by atoms with Crippen LogP contribution in [0.5, 0.6) is 0 Å². The number of carbonyl (C=O) groups is 1. The molecule has 1 aromatic carbocycles. The lowest BCUT2D eigenvalue weighted by Crippen LogP contribution is -2.28. The van der Waals surface area contributed by atoms with Crippen LogP contribution in [0.3, 0.4) is 0 Å². The molecule has 0 aliphatic carbocycles. The second kappa shape index (κ2) is 7.67. The molecule has 0 aliphatic rings. The molecule has 122 valence electrons. The van der Waals surface area contributed by atoms with Gasteiger partial charge in [-0.1, -0.05) is 18.2 Å². The number of aromatic nitrogens is 1. The molecule has 8 heteroatoms. The Balaban J connectivity index is 1.91. The van der Waals surface area contributed by atoms with Gasteiger partial charge in [0.15, 0.2) is 0 Å². The number of anilines is 1. The lowest BCUT2D eigenvalue weighted by atomic mass is 10.3. The van der Waals surface area contributed by atoms with E-state index in [2.05, 4.69) is 31.0 Å². The van der Waals surface area contributed by atoms with E-state index in [0.29, 0.717) is 10.3 Å². The van der Waals surface area contributed by atoms with Crippen LogP contribution in [-0.4, -0.2) is 25.9 Å². The van der Waals surface area contributed by atoms with Gasteiger partial charge in [-0.25, -0.2) is 18.1 Å². The fourth-order valence-electron chi connectivity index (χ4n) is 1.85. The maximum Gasteiger partial charge on any atom is 0.241 e. The minimum Gasteiger partial charge on any atom is -0.310 e. The number of nitrogens with one attached hydrogen (secondary N) is 2. The van der Waals surface area contributed by atoms with E-state index in [1.165, 1.54) is 6.07 Å². The van der Waals surface area contributed by atoms with Gasteiger partial charge in [0.25, 0.3) is 0 Å². The first-order valence-electron chi connectivity index (χ1n) is 6.86. The number of carbonyl (C=O) groups excluding carboxylic acids is 1. The largest absolute Gasteiger partial charge is 0.310 e. The number of pyridine rings is 1. The monoisotopic (exact) mass is 397 g/mol. The van der Waals surface area contributed by atoms with E-state index in [1.807, 2.05) is 13.0 Å². The summed E-state index contributed by atoms with van der Waals surface area (Å²) in [6.45, 7) is 1.83. The minimum absolute atomic E-state index is 0.00137. The van der Waals surface area contributed by atoms with Crippen molar-refractivity contribution < 1.29 is 13.2 Å². The van der Waals surface area contributed by atoms with E-state index in [1.54, 1.807) is 30.5 Å². The number of benzene rings is 1. The van der Waals surface area contributed by atoms with Crippen molar-refractivity contribution in [1.82, 2.24) is 9.71 Å². The Hall–Kier alpha value is -1.77. The van der Waals surface area contributed by atoms with Crippen molar-refractivity contribution in [2.45, 2.75) is 18.2 Å². The van der Waals surface area contributed by atoms with E-state index >= 15 is 0 Å². The molecule has 0 radical (unpaired) electrons. The molecular weight excluding hydrogens is 382 g/mol. The summed E-state index contributed by atoms with van der Waals surface area (Å²) in [6, 6.07) is 10.1. The van der Waals surface area contributed by atoms with Gasteiger partial charge in [-0.3, -0.25) is 4.79 Å². The highest BCUT2D eigenvalue weighted by Crippen LogP contribution is 2.20. The van der Waals surface area contributed by atoms with Crippen molar-refractivity contribution in [3.8, 4) is 0 Å². The van der Waals surface area contributed by atoms with E-state index in [0.717, 1.165) is 5.56 Å². The number of amides is 1. The molecule has 0 bridgehead atoms. The number of rotatable bonds is 6. The summed E-state index contributed by atoms with van der Waals surface area (Å²) in [5.41, 5.74) is 0.842. The zero-order valence-electron chi connectivity index (χ0n) is 12.4. The van der Waals surface area contributed by atoms with Crippen LogP contribution in [0.25, 0.3) is 0 Å². The second-order valence-corrected chi connectivity index (χ2v) is 7.38. The number of hydrogen-bond donors (Lipinski definition) is 2. The Bertz CT molecular complexity index is 809. The van der Waals surface area contributed by atoms with Crippen LogP contribution >= 0.6 is 15.9 Å². The van der Waals surface area contributed by atoms with Gasteiger partial charge in [0.1, 0.15) is 5.82 Å². The molecule has 0 fully saturated rings. The molecule has 1 aromatic heterocycles. The van der Waals surface area contributed by atoms with Crippen molar-refractivity contribution in [2.24, 2.45) is 0 Å². The SMILES string of the molecule is Cc1cccnc1NC(=O)CCNS(=O)(=O)c1ccccc1Br. The topological polar surface area (TPSA) is 88.2 Å². The average Bonchev–Trinajstić information content (AvgIpc) is 2.49. The summed E-state index contributed by atoms with van der Waals surface area (Å²) in [4.78, 5) is 16.1. The highest BCUT2D eigenvalue weighted by atomic mass is 79.9. The predicted molar refractivity (Wildman–Crippen MR) is 91.6 cm³/mol. The van der Waals surface area contributed by atoms with E-state index < -0.39 is 10.0 Å². The fraction of sp³-hybridized carbons (Fsp3) is 0.200. The van der Waals surface area contributed by atoms with Crippen molar-refractivity contribution >= 4 is 37.7 Å². The zero-order chi connectivity index (χ0) is 16.9. The third-order valence-electron chi connectivity index (χ3n) is 3.04. The summed E-state index contributed by atoms with van der Waals surface area (Å²) in [5, 5.41) is 2.65. The molecule has 2 N–H and O–H groups in total. The third kappa shape index (κ3) is 4.85. The Morgan fingerprint density at radius 2 is 1.96 bits per heavy atom. The Morgan fingerprint density at radius 3 is 2.65 bits per heavy atom. The zero-order valence-corrected chi connectivity index (χ0v) is 14.8. The smallest absolute Gasteiger partial charge is 0.241 e. The third-order valence-corrected chi connectivity index (χ3v) is 5.51. The first-order valence-corrected chi connectivity index (χ1v) is 9.13. The van der Waals surface area contributed by atoms with Crippen LogP contribution in [0, 0.1) is 6.92 Å². The number of halogens is 1. The molecule has 0 aliphatic heterocycles. The Morgan fingerprint density at radius 1 is 1.22 bits per heavy atom. The molecule has 0 saturated heterocycles. The maximum absolute atomic E-state index is 12.2. The van der Waals surface area contributed by atoms with Crippen LogP contribution in [0.4, 0.5) is 5.82 Å². The quantitative estimate of drug-likeness (QED) is 0.783. The number of nitrogens with zero attached hydrogens (tertiary/aromatic N) is 1. The lowest BCUT2D eigenvalue weighted by molar-refractivity contribution is -0.116. The fourth-order valence-corrected chi connectivity index (χ4v) is 3.88. The number of aryl methyl sites for hydroxylation is 1. The summed E-state index contributed by atoms with van der Waals surface area (Å²) >= 11 is 3.20. The maximum atomic E-state index is 12.2. The first-order chi connectivity index (χ1) is 10.9. The van der Waals surface area contributed by atoms with Crippen molar-refractivity contribution in [1.29, 1.82) is 0 Å². The van der Waals surface area contributed by atoms with Gasteiger partial charge in [-0.05, 0) is 46.6 Å².